The van der Waals surface area contributed by atoms with E-state index in [1.54, 1.807) is 0 Å². The van der Waals surface area contributed by atoms with Gasteiger partial charge in [-0.2, -0.15) is 0 Å². The maximum Gasteiger partial charge on any atom is 0.306 e. The minimum Gasteiger partial charge on any atom is -0.491 e. The Labute approximate surface area is 137 Å². The second-order valence-electron chi connectivity index (χ2n) is 6.22. The summed E-state index contributed by atoms with van der Waals surface area (Å²) in [7, 11) is 0. The van der Waals surface area contributed by atoms with Crippen LogP contribution in [0.5, 0.6) is 5.75 Å². The Morgan fingerprint density at radius 2 is 1.87 bits per heavy atom. The highest BCUT2D eigenvalue weighted by Crippen LogP contribution is 2.31. The molecule has 23 heavy (non-hydrogen) atoms. The number of nitrogens with one attached hydrogen (secondary N) is 1. The van der Waals surface area contributed by atoms with Crippen molar-refractivity contribution in [2.45, 2.75) is 46.0 Å². The molecule has 5 nitrogen and oxygen atoms in total. The summed E-state index contributed by atoms with van der Waals surface area (Å²) in [6, 6.07) is 5.73. The van der Waals surface area contributed by atoms with Crippen LogP contribution in [0.15, 0.2) is 18.2 Å². The van der Waals surface area contributed by atoms with Gasteiger partial charge in [-0.3, -0.25) is 9.59 Å². The first-order chi connectivity index (χ1) is 11.0. The van der Waals surface area contributed by atoms with Crippen molar-refractivity contribution in [3.8, 4) is 5.75 Å². The van der Waals surface area contributed by atoms with Gasteiger partial charge in [-0.05, 0) is 56.7 Å². The van der Waals surface area contributed by atoms with Crippen molar-refractivity contribution in [2.24, 2.45) is 11.8 Å². The van der Waals surface area contributed by atoms with E-state index in [0.717, 1.165) is 12.0 Å². The summed E-state index contributed by atoms with van der Waals surface area (Å²) in [6.07, 6.45) is 3.29. The highest BCUT2D eigenvalue weighted by atomic mass is 16.5. The molecule has 0 unspecified atom stereocenters. The van der Waals surface area contributed by atoms with Crippen LogP contribution in [0.4, 0.5) is 5.69 Å². The van der Waals surface area contributed by atoms with Crippen molar-refractivity contribution in [3.63, 3.8) is 0 Å². The maximum atomic E-state index is 12.4. The minimum absolute atomic E-state index is 0.0426. The highest BCUT2D eigenvalue weighted by Gasteiger charge is 2.30. The predicted octanol–water partition coefficient (Wildman–Crippen LogP) is 3.61. The quantitative estimate of drug-likeness (QED) is 0.840. The number of rotatable bonds is 6. The van der Waals surface area contributed by atoms with Gasteiger partial charge in [0.2, 0.25) is 5.91 Å². The molecule has 0 heterocycles. The lowest BCUT2D eigenvalue weighted by Crippen LogP contribution is -2.29. The lowest BCUT2D eigenvalue weighted by Gasteiger charge is -2.25. The molecule has 1 aliphatic rings. The number of ether oxygens (including phenoxy) is 1. The van der Waals surface area contributed by atoms with Crippen LogP contribution < -0.4 is 10.1 Å². The topological polar surface area (TPSA) is 75.6 Å². The highest BCUT2D eigenvalue weighted by molar-refractivity contribution is 5.94. The smallest absolute Gasteiger partial charge is 0.306 e. The fourth-order valence-electron chi connectivity index (χ4n) is 2.90. The van der Waals surface area contributed by atoms with E-state index in [-0.39, 0.29) is 17.7 Å². The van der Waals surface area contributed by atoms with Crippen LogP contribution in [-0.2, 0) is 9.59 Å². The van der Waals surface area contributed by atoms with Crippen LogP contribution in [0.2, 0.25) is 0 Å². The van der Waals surface area contributed by atoms with E-state index in [1.807, 2.05) is 32.0 Å². The molecule has 0 radical (unpaired) electrons. The van der Waals surface area contributed by atoms with Crippen molar-refractivity contribution in [2.75, 3.05) is 11.9 Å². The lowest BCUT2D eigenvalue weighted by molar-refractivity contribution is -0.143. The van der Waals surface area contributed by atoms with Gasteiger partial charge in [0.05, 0.1) is 18.2 Å². The summed E-state index contributed by atoms with van der Waals surface area (Å²) in [4.78, 5) is 23.4. The molecule has 0 aromatic heterocycles. The van der Waals surface area contributed by atoms with Gasteiger partial charge in [0.15, 0.2) is 0 Å². The van der Waals surface area contributed by atoms with Crippen LogP contribution >= 0.6 is 0 Å². The van der Waals surface area contributed by atoms with Crippen molar-refractivity contribution in [1.82, 2.24) is 0 Å². The fourth-order valence-corrected chi connectivity index (χ4v) is 2.90. The summed E-state index contributed by atoms with van der Waals surface area (Å²) in [6.45, 7) is 4.63. The Balaban J connectivity index is 1.99. The van der Waals surface area contributed by atoms with E-state index in [4.69, 9.17) is 9.84 Å². The molecule has 5 heteroatoms. The number of anilines is 1. The van der Waals surface area contributed by atoms with E-state index < -0.39 is 5.97 Å². The molecule has 1 aromatic carbocycles. The third kappa shape index (κ3) is 4.71. The van der Waals surface area contributed by atoms with Crippen molar-refractivity contribution >= 4 is 17.6 Å². The van der Waals surface area contributed by atoms with E-state index in [2.05, 4.69) is 5.32 Å². The molecule has 0 spiro atoms. The number of aliphatic carboxylic acids is 1. The number of carbonyl (C=O) groups is 2. The van der Waals surface area contributed by atoms with Crippen LogP contribution in [0.25, 0.3) is 0 Å². The number of carboxylic acid groups (broad SMARTS) is 1. The summed E-state index contributed by atoms with van der Waals surface area (Å²) < 4.78 is 5.71. The second kappa shape index (κ2) is 7.99. The zero-order valence-corrected chi connectivity index (χ0v) is 13.8. The first-order valence-corrected chi connectivity index (χ1v) is 8.28. The van der Waals surface area contributed by atoms with Gasteiger partial charge in [-0.25, -0.2) is 0 Å². The number of carboxylic acids is 1. The summed E-state index contributed by atoms with van der Waals surface area (Å²) in [5.74, 6) is -0.524. The van der Waals surface area contributed by atoms with E-state index in [0.29, 0.717) is 43.7 Å². The van der Waals surface area contributed by atoms with Gasteiger partial charge >= 0.3 is 5.97 Å². The molecule has 0 aliphatic heterocycles. The zero-order valence-electron chi connectivity index (χ0n) is 13.8. The number of hydrogen-bond donors (Lipinski definition) is 2. The molecular weight excluding hydrogens is 294 g/mol. The molecule has 0 atom stereocenters. The van der Waals surface area contributed by atoms with Crippen LogP contribution in [0.3, 0.4) is 0 Å². The Kier molecular flexibility index (Phi) is 6.02. The van der Waals surface area contributed by atoms with E-state index >= 15 is 0 Å². The number of carbonyl (C=O) groups excluding carboxylic acids is 1. The van der Waals surface area contributed by atoms with Crippen molar-refractivity contribution in [1.29, 1.82) is 0 Å². The van der Waals surface area contributed by atoms with Crippen LogP contribution in [0, 0.1) is 18.8 Å². The maximum absolute atomic E-state index is 12.4. The van der Waals surface area contributed by atoms with Gasteiger partial charge in [-0.15, -0.1) is 0 Å². The average Bonchev–Trinajstić information content (AvgIpc) is 2.55. The standard InChI is InChI=1S/C18H25NO4/c1-3-10-23-16-11-12(2)4-9-15(16)19-17(20)13-5-7-14(8-6-13)18(21)22/h4,9,11,13-14H,3,5-8,10H2,1-2H3,(H,19,20)(H,21,22). The second-order valence-corrected chi connectivity index (χ2v) is 6.22. The van der Waals surface area contributed by atoms with E-state index in [9.17, 15) is 9.59 Å². The van der Waals surface area contributed by atoms with Crippen LogP contribution in [-0.4, -0.2) is 23.6 Å². The average molecular weight is 319 g/mol. The predicted molar refractivity (Wildman–Crippen MR) is 88.7 cm³/mol. The third-order valence-corrected chi connectivity index (χ3v) is 4.30. The summed E-state index contributed by atoms with van der Waals surface area (Å²) in [5, 5.41) is 12.0. The SMILES string of the molecule is CCCOc1cc(C)ccc1NC(=O)C1CCC(C(=O)O)CC1. The van der Waals surface area contributed by atoms with Gasteiger partial charge in [0.25, 0.3) is 0 Å². The summed E-state index contributed by atoms with van der Waals surface area (Å²) in [5.41, 5.74) is 1.77. The molecular formula is C18H25NO4. The first kappa shape index (κ1) is 17.3. The molecule has 1 saturated carbocycles. The molecule has 2 N–H and O–H groups in total. The summed E-state index contributed by atoms with van der Waals surface area (Å²) >= 11 is 0. The Bertz CT molecular complexity index is 562. The molecule has 1 amide bonds. The number of hydrogen-bond acceptors (Lipinski definition) is 3. The zero-order chi connectivity index (χ0) is 16.8. The van der Waals surface area contributed by atoms with Gasteiger partial charge < -0.3 is 15.2 Å². The third-order valence-electron chi connectivity index (χ3n) is 4.30. The molecule has 1 fully saturated rings. The molecule has 0 bridgehead atoms. The molecule has 1 aromatic rings. The number of aryl methyl sites for hydroxylation is 1. The normalized spacial score (nSPS) is 20.8. The van der Waals surface area contributed by atoms with Gasteiger partial charge in [0, 0.05) is 5.92 Å². The Hall–Kier alpha value is -2.04. The van der Waals surface area contributed by atoms with Crippen molar-refractivity contribution in [3.05, 3.63) is 23.8 Å². The Morgan fingerprint density at radius 1 is 1.22 bits per heavy atom. The minimum atomic E-state index is -0.752. The monoisotopic (exact) mass is 319 g/mol. The van der Waals surface area contributed by atoms with Crippen molar-refractivity contribution < 1.29 is 19.4 Å². The number of benzene rings is 1. The molecule has 0 saturated heterocycles. The van der Waals surface area contributed by atoms with Crippen LogP contribution in [0.1, 0.15) is 44.6 Å². The Morgan fingerprint density at radius 3 is 2.48 bits per heavy atom. The number of amides is 1. The van der Waals surface area contributed by atoms with E-state index in [1.165, 1.54) is 0 Å². The largest absolute Gasteiger partial charge is 0.491 e. The first-order valence-electron chi connectivity index (χ1n) is 8.28. The molecule has 126 valence electrons. The lowest BCUT2D eigenvalue weighted by atomic mass is 9.81. The van der Waals surface area contributed by atoms with Gasteiger partial charge in [-0.1, -0.05) is 13.0 Å². The molecule has 1 aliphatic carbocycles. The molecule has 2 rings (SSSR count). The van der Waals surface area contributed by atoms with Gasteiger partial charge in [0.1, 0.15) is 5.75 Å². The fraction of sp³-hybridized carbons (Fsp3) is 0.556.